The second-order valence-electron chi connectivity index (χ2n) is 9.30. The molecule has 3 fully saturated rings. The van der Waals surface area contributed by atoms with Gasteiger partial charge in [0.05, 0.1) is 36.2 Å². The first-order valence-corrected chi connectivity index (χ1v) is 10.9. The summed E-state index contributed by atoms with van der Waals surface area (Å²) in [6, 6.07) is 0.189. The van der Waals surface area contributed by atoms with Crippen molar-refractivity contribution in [2.24, 2.45) is 5.41 Å². The Hall–Kier alpha value is -3.02. The van der Waals surface area contributed by atoms with Gasteiger partial charge in [0.15, 0.2) is 11.3 Å². The zero-order chi connectivity index (χ0) is 23.0. The third-order valence-corrected chi connectivity index (χ3v) is 6.86. The molecule has 3 saturated heterocycles. The molecule has 3 aromatic rings. The summed E-state index contributed by atoms with van der Waals surface area (Å²) in [5.41, 5.74) is 0.781. The predicted octanol–water partition coefficient (Wildman–Crippen LogP) is 2.54. The van der Waals surface area contributed by atoms with E-state index in [0.717, 1.165) is 29.7 Å². The van der Waals surface area contributed by atoms with Crippen molar-refractivity contribution in [3.8, 4) is 0 Å². The van der Waals surface area contributed by atoms with Crippen LogP contribution in [0.5, 0.6) is 0 Å². The molecule has 174 valence electrons. The molecule has 6 rings (SSSR count). The number of alkyl halides is 3. The van der Waals surface area contributed by atoms with Crippen LogP contribution in [0.1, 0.15) is 29.7 Å². The number of hydrogen-bond donors (Lipinski definition) is 0. The van der Waals surface area contributed by atoms with E-state index in [9.17, 15) is 13.2 Å². The molecule has 0 N–H and O–H groups in total. The number of anilines is 2. The second kappa shape index (κ2) is 6.99. The molecule has 0 amide bonds. The van der Waals surface area contributed by atoms with Crippen LogP contribution < -0.4 is 9.80 Å². The second-order valence-corrected chi connectivity index (χ2v) is 9.30. The Morgan fingerprint density at radius 1 is 1.03 bits per heavy atom. The van der Waals surface area contributed by atoms with Crippen LogP contribution in [0.15, 0.2) is 12.4 Å². The molecule has 3 aliphatic heterocycles. The number of rotatable bonds is 3. The Bertz CT molecular complexity index is 1230. The lowest BCUT2D eigenvalue weighted by molar-refractivity contribution is -0.141. The van der Waals surface area contributed by atoms with Gasteiger partial charge in [0, 0.05) is 37.8 Å². The molecule has 0 aromatic carbocycles. The number of aryl methyl sites for hydroxylation is 2. The van der Waals surface area contributed by atoms with E-state index in [4.69, 9.17) is 9.72 Å². The van der Waals surface area contributed by atoms with Crippen molar-refractivity contribution in [2.75, 3.05) is 49.2 Å². The fourth-order valence-electron chi connectivity index (χ4n) is 5.03. The van der Waals surface area contributed by atoms with Gasteiger partial charge in [-0.25, -0.2) is 19.6 Å². The SMILES string of the molecule is Cc1ncc(N2CC3(CCN(c4ncc5c(C)nn(C6COC6)c5n4)C3)C2)c(C(F)(F)F)n1. The molecule has 0 unspecified atom stereocenters. The smallest absolute Gasteiger partial charge is 0.377 e. The molecule has 0 bridgehead atoms. The third kappa shape index (κ3) is 3.30. The van der Waals surface area contributed by atoms with Gasteiger partial charge >= 0.3 is 6.18 Å². The van der Waals surface area contributed by atoms with E-state index in [1.807, 2.05) is 17.8 Å². The van der Waals surface area contributed by atoms with E-state index in [1.54, 1.807) is 4.90 Å². The molecular weight excluding hydrogens is 437 g/mol. The molecule has 0 saturated carbocycles. The van der Waals surface area contributed by atoms with Crippen LogP contribution in [-0.2, 0) is 10.9 Å². The van der Waals surface area contributed by atoms with E-state index in [2.05, 4.69) is 25.0 Å². The highest BCUT2D eigenvalue weighted by Crippen LogP contribution is 2.45. The van der Waals surface area contributed by atoms with Crippen molar-refractivity contribution < 1.29 is 17.9 Å². The minimum atomic E-state index is -4.51. The summed E-state index contributed by atoms with van der Waals surface area (Å²) in [6.45, 7) is 7.17. The van der Waals surface area contributed by atoms with Gasteiger partial charge in [-0.15, -0.1) is 0 Å². The maximum Gasteiger partial charge on any atom is 0.435 e. The lowest BCUT2D eigenvalue weighted by Gasteiger charge is -2.49. The summed E-state index contributed by atoms with van der Waals surface area (Å²) in [4.78, 5) is 20.9. The first kappa shape index (κ1) is 20.6. The van der Waals surface area contributed by atoms with Crippen molar-refractivity contribution in [2.45, 2.75) is 32.5 Å². The molecule has 0 aliphatic carbocycles. The summed E-state index contributed by atoms with van der Waals surface area (Å²) in [7, 11) is 0. The Morgan fingerprint density at radius 2 is 1.79 bits per heavy atom. The standard InChI is InChI=1S/C21H23F3N8O/c1-12-15-5-26-19(28-18(15)32(29-12)14-7-33-8-14)30-4-3-20(9-30)10-31(11-20)16-6-25-13(2)27-17(16)21(22,23)24/h5-6,14H,3-4,7-11H2,1-2H3. The van der Waals surface area contributed by atoms with Crippen molar-refractivity contribution in [1.82, 2.24) is 29.7 Å². The maximum atomic E-state index is 13.5. The zero-order valence-corrected chi connectivity index (χ0v) is 18.3. The van der Waals surface area contributed by atoms with Crippen LogP contribution in [0.2, 0.25) is 0 Å². The quantitative estimate of drug-likeness (QED) is 0.590. The summed E-state index contributed by atoms with van der Waals surface area (Å²) in [5.74, 6) is 0.748. The molecule has 12 heteroatoms. The van der Waals surface area contributed by atoms with Gasteiger partial charge in [0.1, 0.15) is 11.9 Å². The fourth-order valence-corrected chi connectivity index (χ4v) is 5.03. The Balaban J connectivity index is 1.21. The predicted molar refractivity (Wildman–Crippen MR) is 113 cm³/mol. The average Bonchev–Trinajstić information content (AvgIpc) is 3.28. The molecular formula is C21H23F3N8O. The van der Waals surface area contributed by atoms with Crippen molar-refractivity contribution in [3.05, 3.63) is 29.6 Å². The number of aromatic nitrogens is 6. The molecule has 6 heterocycles. The molecule has 0 radical (unpaired) electrons. The topological polar surface area (TPSA) is 85.1 Å². The van der Waals surface area contributed by atoms with E-state index >= 15 is 0 Å². The molecule has 1 spiro atoms. The largest absolute Gasteiger partial charge is 0.435 e. The van der Waals surface area contributed by atoms with E-state index in [-0.39, 0.29) is 23.0 Å². The van der Waals surface area contributed by atoms with Gasteiger partial charge in [0.2, 0.25) is 5.95 Å². The van der Waals surface area contributed by atoms with Gasteiger partial charge in [-0.2, -0.15) is 23.3 Å². The van der Waals surface area contributed by atoms with Gasteiger partial charge in [0.25, 0.3) is 0 Å². The van der Waals surface area contributed by atoms with Crippen LogP contribution in [0.3, 0.4) is 0 Å². The zero-order valence-electron chi connectivity index (χ0n) is 18.3. The van der Waals surface area contributed by atoms with Crippen LogP contribution in [0.25, 0.3) is 11.0 Å². The lowest BCUT2D eigenvalue weighted by atomic mass is 9.78. The maximum absolute atomic E-state index is 13.5. The monoisotopic (exact) mass is 460 g/mol. The molecule has 3 aliphatic rings. The minimum Gasteiger partial charge on any atom is -0.377 e. The number of halogens is 3. The van der Waals surface area contributed by atoms with Crippen LogP contribution in [-0.4, -0.2) is 69.1 Å². The van der Waals surface area contributed by atoms with Gasteiger partial charge in [-0.3, -0.25) is 0 Å². The summed E-state index contributed by atoms with van der Waals surface area (Å²) >= 11 is 0. The highest BCUT2D eigenvalue weighted by molar-refractivity contribution is 5.78. The van der Waals surface area contributed by atoms with E-state index in [0.29, 0.717) is 38.8 Å². The Morgan fingerprint density at radius 3 is 2.48 bits per heavy atom. The number of fused-ring (bicyclic) bond motifs is 1. The van der Waals surface area contributed by atoms with E-state index in [1.165, 1.54) is 13.1 Å². The van der Waals surface area contributed by atoms with Crippen LogP contribution in [0.4, 0.5) is 24.8 Å². The summed E-state index contributed by atoms with van der Waals surface area (Å²) in [5, 5.41) is 5.54. The van der Waals surface area contributed by atoms with Crippen molar-refractivity contribution in [3.63, 3.8) is 0 Å². The molecule has 0 atom stereocenters. The average molecular weight is 460 g/mol. The third-order valence-electron chi connectivity index (χ3n) is 6.86. The molecule has 9 nitrogen and oxygen atoms in total. The molecule has 3 aromatic heterocycles. The summed E-state index contributed by atoms with van der Waals surface area (Å²) in [6.07, 6.45) is -0.542. The Kier molecular flexibility index (Phi) is 4.36. The van der Waals surface area contributed by atoms with Crippen molar-refractivity contribution >= 4 is 22.7 Å². The highest BCUT2D eigenvalue weighted by atomic mass is 19.4. The normalized spacial score (nSPS) is 20.5. The fraction of sp³-hybridized carbons (Fsp3) is 0.571. The van der Waals surface area contributed by atoms with Crippen molar-refractivity contribution in [1.29, 1.82) is 0 Å². The minimum absolute atomic E-state index is 0.0527. The van der Waals surface area contributed by atoms with Crippen LogP contribution >= 0.6 is 0 Å². The lowest BCUT2D eigenvalue weighted by Crippen LogP contribution is -2.58. The van der Waals surface area contributed by atoms with Gasteiger partial charge in [-0.05, 0) is 20.3 Å². The first-order valence-electron chi connectivity index (χ1n) is 10.9. The van der Waals surface area contributed by atoms with Crippen LogP contribution in [0, 0.1) is 19.3 Å². The number of hydrogen-bond acceptors (Lipinski definition) is 8. The van der Waals surface area contributed by atoms with Gasteiger partial charge < -0.3 is 14.5 Å². The van der Waals surface area contributed by atoms with E-state index < -0.39 is 11.9 Å². The summed E-state index contributed by atoms with van der Waals surface area (Å²) < 4.78 is 47.7. The van der Waals surface area contributed by atoms with Gasteiger partial charge in [-0.1, -0.05) is 0 Å². The first-order chi connectivity index (χ1) is 15.7. The highest BCUT2D eigenvalue weighted by Gasteiger charge is 2.50. The Labute approximate surface area is 187 Å². The molecule has 33 heavy (non-hydrogen) atoms. The number of ether oxygens (including phenoxy) is 1. The number of nitrogens with zero attached hydrogens (tertiary/aromatic N) is 8.